The smallest absolute Gasteiger partial charge is 0.234 e. The Balaban J connectivity index is 1.49. The highest BCUT2D eigenvalue weighted by Crippen LogP contribution is 2.29. The topological polar surface area (TPSA) is 93.8 Å². The van der Waals surface area contributed by atoms with E-state index in [1.165, 1.54) is 18.7 Å². The van der Waals surface area contributed by atoms with Crippen molar-refractivity contribution in [1.82, 2.24) is 19.5 Å². The lowest BCUT2D eigenvalue weighted by Gasteiger charge is -2.12. The standard InChI is InChI=1S/C22H19ClN6O2S/c1-15(30)24-16-8-10-17(11-9-16)25-20(31)14-32-22-27-26-21(18-6-2-3-7-19(18)23)29(22)28-12-4-5-13-28/h2-13H,14H2,1H3,(H,24,30)(H,25,31). The molecule has 32 heavy (non-hydrogen) atoms. The zero-order chi connectivity index (χ0) is 22.5. The van der Waals surface area contributed by atoms with Crippen LogP contribution in [0.5, 0.6) is 0 Å². The van der Waals surface area contributed by atoms with Crippen molar-refractivity contribution in [2.75, 3.05) is 16.4 Å². The van der Waals surface area contributed by atoms with Crippen molar-refractivity contribution in [2.24, 2.45) is 0 Å². The van der Waals surface area contributed by atoms with Gasteiger partial charge in [-0.2, -0.15) is 0 Å². The molecule has 2 aromatic heterocycles. The first kappa shape index (κ1) is 21.7. The summed E-state index contributed by atoms with van der Waals surface area (Å²) in [6.45, 7) is 1.44. The van der Waals surface area contributed by atoms with Crippen molar-refractivity contribution >= 4 is 46.6 Å². The Morgan fingerprint density at radius 1 is 0.938 bits per heavy atom. The number of thioether (sulfide) groups is 1. The lowest BCUT2D eigenvalue weighted by Crippen LogP contribution is -2.16. The van der Waals surface area contributed by atoms with Gasteiger partial charge in [-0.3, -0.25) is 14.3 Å². The van der Waals surface area contributed by atoms with Crippen LogP contribution < -0.4 is 10.6 Å². The zero-order valence-electron chi connectivity index (χ0n) is 17.0. The second-order valence-electron chi connectivity index (χ2n) is 6.76. The molecule has 0 spiro atoms. The first-order valence-electron chi connectivity index (χ1n) is 9.65. The Morgan fingerprint density at radius 3 is 2.25 bits per heavy atom. The summed E-state index contributed by atoms with van der Waals surface area (Å²) in [5.41, 5.74) is 2.04. The normalized spacial score (nSPS) is 10.7. The van der Waals surface area contributed by atoms with Crippen molar-refractivity contribution in [2.45, 2.75) is 12.1 Å². The number of hydrogen-bond acceptors (Lipinski definition) is 5. The summed E-state index contributed by atoms with van der Waals surface area (Å²) in [6.07, 6.45) is 3.73. The molecular weight excluding hydrogens is 448 g/mol. The highest BCUT2D eigenvalue weighted by Gasteiger charge is 2.18. The molecule has 0 atom stereocenters. The molecule has 2 N–H and O–H groups in total. The number of nitrogens with one attached hydrogen (secondary N) is 2. The average Bonchev–Trinajstić information content (AvgIpc) is 3.43. The fourth-order valence-electron chi connectivity index (χ4n) is 3.00. The van der Waals surface area contributed by atoms with Crippen LogP contribution in [0.15, 0.2) is 78.2 Å². The maximum atomic E-state index is 12.5. The van der Waals surface area contributed by atoms with E-state index in [2.05, 4.69) is 20.8 Å². The summed E-state index contributed by atoms with van der Waals surface area (Å²) in [5, 5.41) is 15.2. The van der Waals surface area contributed by atoms with E-state index in [0.29, 0.717) is 27.4 Å². The van der Waals surface area contributed by atoms with Gasteiger partial charge in [0.2, 0.25) is 17.0 Å². The monoisotopic (exact) mass is 466 g/mol. The number of carbonyl (C=O) groups excluding carboxylic acids is 2. The van der Waals surface area contributed by atoms with Gasteiger partial charge in [0.05, 0.1) is 10.8 Å². The molecular formula is C22H19ClN6O2S. The molecule has 8 nitrogen and oxygen atoms in total. The Hall–Kier alpha value is -3.56. The molecule has 0 saturated carbocycles. The molecule has 10 heteroatoms. The summed E-state index contributed by atoms with van der Waals surface area (Å²) in [6, 6.07) is 18.1. The fourth-order valence-corrected chi connectivity index (χ4v) is 3.95. The molecule has 4 rings (SSSR count). The number of anilines is 2. The molecule has 0 bridgehead atoms. The van der Waals surface area contributed by atoms with Crippen LogP contribution in [0.1, 0.15) is 6.92 Å². The molecule has 0 aliphatic carbocycles. The number of rotatable bonds is 7. The minimum atomic E-state index is -0.191. The molecule has 2 amide bonds. The maximum Gasteiger partial charge on any atom is 0.234 e. The molecule has 2 aromatic carbocycles. The second-order valence-corrected chi connectivity index (χ2v) is 8.11. The molecule has 0 unspecified atom stereocenters. The third kappa shape index (κ3) is 5.01. The van der Waals surface area contributed by atoms with Crippen LogP contribution in [0.25, 0.3) is 11.4 Å². The zero-order valence-corrected chi connectivity index (χ0v) is 18.6. The van der Waals surface area contributed by atoms with E-state index in [9.17, 15) is 9.59 Å². The lowest BCUT2D eigenvalue weighted by molar-refractivity contribution is -0.114. The van der Waals surface area contributed by atoms with E-state index in [4.69, 9.17) is 11.6 Å². The molecule has 0 aliphatic rings. The molecule has 0 saturated heterocycles. The minimum Gasteiger partial charge on any atom is -0.326 e. The highest BCUT2D eigenvalue weighted by atomic mass is 35.5. The average molecular weight is 467 g/mol. The van der Waals surface area contributed by atoms with E-state index in [1.54, 1.807) is 35.0 Å². The van der Waals surface area contributed by atoms with Crippen molar-refractivity contribution in [1.29, 1.82) is 0 Å². The van der Waals surface area contributed by atoms with Gasteiger partial charge in [0.15, 0.2) is 5.82 Å². The van der Waals surface area contributed by atoms with Gasteiger partial charge < -0.3 is 10.6 Å². The molecule has 162 valence electrons. The van der Waals surface area contributed by atoms with Crippen molar-refractivity contribution in [3.63, 3.8) is 0 Å². The summed E-state index contributed by atoms with van der Waals surface area (Å²) in [4.78, 5) is 23.6. The number of hydrogen-bond donors (Lipinski definition) is 2. The molecule has 0 aliphatic heterocycles. The van der Waals surface area contributed by atoms with E-state index in [1.807, 2.05) is 47.4 Å². The number of nitrogens with zero attached hydrogens (tertiary/aromatic N) is 4. The molecule has 2 heterocycles. The van der Waals surface area contributed by atoms with Crippen LogP contribution in [0, 0.1) is 0 Å². The number of halogens is 1. The summed E-state index contributed by atoms with van der Waals surface area (Å²) in [7, 11) is 0. The van der Waals surface area contributed by atoms with Crippen LogP contribution in [-0.4, -0.2) is 37.1 Å². The Kier molecular flexibility index (Phi) is 6.58. The van der Waals surface area contributed by atoms with Gasteiger partial charge in [-0.25, -0.2) is 4.68 Å². The van der Waals surface area contributed by atoms with Crippen LogP contribution >= 0.6 is 23.4 Å². The SMILES string of the molecule is CC(=O)Nc1ccc(NC(=O)CSc2nnc(-c3ccccc3Cl)n2-n2cccc2)cc1. The van der Waals surface area contributed by atoms with Crippen LogP contribution in [0.4, 0.5) is 11.4 Å². The highest BCUT2D eigenvalue weighted by molar-refractivity contribution is 7.99. The van der Waals surface area contributed by atoms with E-state index >= 15 is 0 Å². The van der Waals surface area contributed by atoms with Gasteiger partial charge in [-0.15, -0.1) is 10.2 Å². The number of carbonyl (C=O) groups is 2. The predicted octanol–water partition coefficient (Wildman–Crippen LogP) is 4.40. The minimum absolute atomic E-state index is 0.134. The maximum absolute atomic E-state index is 12.5. The fraction of sp³-hybridized carbons (Fsp3) is 0.0909. The van der Waals surface area contributed by atoms with Gasteiger partial charge in [-0.05, 0) is 48.5 Å². The third-order valence-corrected chi connectivity index (χ3v) is 5.62. The van der Waals surface area contributed by atoms with Crippen molar-refractivity contribution in [3.05, 3.63) is 78.1 Å². The van der Waals surface area contributed by atoms with E-state index in [-0.39, 0.29) is 17.6 Å². The van der Waals surface area contributed by atoms with Crippen LogP contribution in [-0.2, 0) is 9.59 Å². The van der Waals surface area contributed by atoms with E-state index < -0.39 is 0 Å². The van der Waals surface area contributed by atoms with E-state index in [0.717, 1.165) is 5.56 Å². The third-order valence-electron chi connectivity index (χ3n) is 4.37. The quantitative estimate of drug-likeness (QED) is 0.394. The van der Waals surface area contributed by atoms with Crippen LogP contribution in [0.2, 0.25) is 5.02 Å². The Morgan fingerprint density at radius 2 is 1.59 bits per heavy atom. The molecule has 0 radical (unpaired) electrons. The summed E-state index contributed by atoms with van der Waals surface area (Å²) in [5.74, 6) is 0.364. The number of amides is 2. The van der Waals surface area contributed by atoms with Crippen LogP contribution in [0.3, 0.4) is 0 Å². The lowest BCUT2D eigenvalue weighted by atomic mass is 10.2. The van der Waals surface area contributed by atoms with Crippen molar-refractivity contribution < 1.29 is 9.59 Å². The second kappa shape index (κ2) is 9.71. The molecule has 0 fully saturated rings. The Bertz CT molecular complexity index is 1240. The van der Waals surface area contributed by atoms with Gasteiger partial charge in [-0.1, -0.05) is 35.5 Å². The molecule has 4 aromatic rings. The van der Waals surface area contributed by atoms with Crippen molar-refractivity contribution in [3.8, 4) is 11.4 Å². The van der Waals surface area contributed by atoms with Gasteiger partial charge >= 0.3 is 0 Å². The first-order valence-corrected chi connectivity index (χ1v) is 11.0. The number of aromatic nitrogens is 4. The van der Waals surface area contributed by atoms with Gasteiger partial charge in [0, 0.05) is 36.3 Å². The largest absolute Gasteiger partial charge is 0.326 e. The Labute approximate surface area is 193 Å². The first-order chi connectivity index (χ1) is 15.5. The number of benzene rings is 2. The van der Waals surface area contributed by atoms with Gasteiger partial charge in [0.1, 0.15) is 0 Å². The predicted molar refractivity (Wildman–Crippen MR) is 126 cm³/mol. The summed E-state index contributed by atoms with van der Waals surface area (Å²) >= 11 is 7.64. The van der Waals surface area contributed by atoms with Gasteiger partial charge in [0.25, 0.3) is 0 Å². The summed E-state index contributed by atoms with van der Waals surface area (Å²) < 4.78 is 3.64.